The molecule has 1 aromatic rings. The van der Waals surface area contributed by atoms with Crippen LogP contribution in [0.15, 0.2) is 18.2 Å². The summed E-state index contributed by atoms with van der Waals surface area (Å²) in [5.74, 6) is 2.74. The molecule has 1 unspecified atom stereocenters. The van der Waals surface area contributed by atoms with Gasteiger partial charge in [0.1, 0.15) is 0 Å². The molecule has 5 heteroatoms. The van der Waals surface area contributed by atoms with Crippen LogP contribution in [0.25, 0.3) is 0 Å². The van der Waals surface area contributed by atoms with E-state index in [0.717, 1.165) is 30.5 Å². The molecule has 0 aliphatic carbocycles. The van der Waals surface area contributed by atoms with Crippen LogP contribution in [0.4, 0.5) is 0 Å². The number of nitrogens with one attached hydrogen (secondary N) is 1. The normalized spacial score (nSPS) is 19.6. The van der Waals surface area contributed by atoms with Crippen molar-refractivity contribution in [1.82, 2.24) is 5.32 Å². The Balaban J connectivity index is 1.66. The molecule has 0 saturated carbocycles. The number of fused-ring (bicyclic) bond motifs is 1. The Morgan fingerprint density at radius 3 is 2.89 bits per heavy atom. The second-order valence-electron chi connectivity index (χ2n) is 4.45. The number of ether oxygens (including phenoxy) is 3. The summed E-state index contributed by atoms with van der Waals surface area (Å²) in [6.45, 7) is 2.11. The molecule has 0 radical (unpaired) electrons. The van der Waals surface area contributed by atoms with Crippen LogP contribution in [0.3, 0.4) is 0 Å². The molecule has 0 bridgehead atoms. The zero-order valence-corrected chi connectivity index (χ0v) is 11.2. The molecule has 1 atom stereocenters. The predicted molar refractivity (Wildman–Crippen MR) is 71.4 cm³/mol. The van der Waals surface area contributed by atoms with Gasteiger partial charge in [-0.25, -0.2) is 0 Å². The van der Waals surface area contributed by atoms with Crippen LogP contribution in [-0.2, 0) is 4.74 Å². The Bertz CT molecular complexity index is 423. The van der Waals surface area contributed by atoms with Crippen LogP contribution in [0.1, 0.15) is 11.6 Å². The van der Waals surface area contributed by atoms with E-state index in [4.69, 9.17) is 14.2 Å². The topological polar surface area (TPSA) is 39.7 Å². The predicted octanol–water partition coefficient (Wildman–Crippen LogP) is 1.81. The summed E-state index contributed by atoms with van der Waals surface area (Å²) in [6, 6.07) is 6.50. The SMILES string of the molecule is CNC(CSC1COC1)c1ccc2c(c1)OCO2. The Morgan fingerprint density at radius 2 is 2.17 bits per heavy atom. The van der Waals surface area contributed by atoms with Crippen molar-refractivity contribution < 1.29 is 14.2 Å². The van der Waals surface area contributed by atoms with Gasteiger partial charge in [0.25, 0.3) is 0 Å². The third kappa shape index (κ3) is 2.43. The van der Waals surface area contributed by atoms with Crippen molar-refractivity contribution >= 4 is 11.8 Å². The molecule has 4 nitrogen and oxygen atoms in total. The van der Waals surface area contributed by atoms with Crippen molar-refractivity contribution in [2.45, 2.75) is 11.3 Å². The van der Waals surface area contributed by atoms with Gasteiger partial charge < -0.3 is 19.5 Å². The van der Waals surface area contributed by atoms with Gasteiger partial charge >= 0.3 is 0 Å². The summed E-state index contributed by atoms with van der Waals surface area (Å²) < 4.78 is 15.9. The molecule has 1 aromatic carbocycles. The quantitative estimate of drug-likeness (QED) is 0.881. The van der Waals surface area contributed by atoms with Crippen LogP contribution in [0.2, 0.25) is 0 Å². The Labute approximate surface area is 111 Å². The minimum absolute atomic E-state index is 0.331. The fourth-order valence-corrected chi connectivity index (χ4v) is 3.23. The fourth-order valence-electron chi connectivity index (χ4n) is 2.02. The van der Waals surface area contributed by atoms with Gasteiger partial charge in [0.15, 0.2) is 11.5 Å². The van der Waals surface area contributed by atoms with Crippen molar-refractivity contribution in [2.75, 3.05) is 32.8 Å². The van der Waals surface area contributed by atoms with Gasteiger partial charge in [-0.2, -0.15) is 11.8 Å². The van der Waals surface area contributed by atoms with Gasteiger partial charge in [0, 0.05) is 11.8 Å². The van der Waals surface area contributed by atoms with Crippen molar-refractivity contribution in [2.24, 2.45) is 0 Å². The summed E-state index contributed by atoms with van der Waals surface area (Å²) in [7, 11) is 1.99. The van der Waals surface area contributed by atoms with Crippen LogP contribution < -0.4 is 14.8 Å². The first kappa shape index (κ1) is 12.1. The second-order valence-corrected chi connectivity index (χ2v) is 5.78. The lowest BCUT2D eigenvalue weighted by atomic mass is 10.1. The molecule has 1 fully saturated rings. The maximum absolute atomic E-state index is 5.41. The molecule has 2 heterocycles. The summed E-state index contributed by atoms with van der Waals surface area (Å²) in [5, 5.41) is 4.02. The highest BCUT2D eigenvalue weighted by molar-refractivity contribution is 8.00. The van der Waals surface area contributed by atoms with Gasteiger partial charge in [-0.15, -0.1) is 0 Å². The standard InChI is InChI=1S/C13H17NO3S/c1-14-11(7-18-10-5-15-6-10)9-2-3-12-13(4-9)17-8-16-12/h2-4,10-11,14H,5-8H2,1H3. The monoisotopic (exact) mass is 267 g/mol. The third-order valence-corrected chi connectivity index (χ3v) is 4.52. The molecule has 2 aliphatic heterocycles. The first-order valence-corrected chi connectivity index (χ1v) is 7.18. The van der Waals surface area contributed by atoms with Gasteiger partial charge in [0.2, 0.25) is 6.79 Å². The number of hydrogen-bond acceptors (Lipinski definition) is 5. The Kier molecular flexibility index (Phi) is 3.63. The molecular weight excluding hydrogens is 250 g/mol. The zero-order chi connectivity index (χ0) is 12.4. The van der Waals surface area contributed by atoms with Crippen molar-refractivity contribution in [3.05, 3.63) is 23.8 Å². The number of rotatable bonds is 5. The largest absolute Gasteiger partial charge is 0.454 e. The lowest BCUT2D eigenvalue weighted by Crippen LogP contribution is -2.32. The average molecular weight is 267 g/mol. The van der Waals surface area contributed by atoms with E-state index in [-0.39, 0.29) is 0 Å². The van der Waals surface area contributed by atoms with Gasteiger partial charge in [-0.05, 0) is 24.7 Å². The van der Waals surface area contributed by atoms with Crippen LogP contribution in [-0.4, -0.2) is 38.1 Å². The highest BCUT2D eigenvalue weighted by Gasteiger charge is 2.22. The van der Waals surface area contributed by atoms with E-state index in [2.05, 4.69) is 17.4 Å². The molecule has 0 amide bonds. The van der Waals surface area contributed by atoms with Gasteiger partial charge in [-0.1, -0.05) is 6.07 Å². The van der Waals surface area contributed by atoms with Crippen LogP contribution in [0, 0.1) is 0 Å². The van der Waals surface area contributed by atoms with E-state index in [0.29, 0.717) is 18.1 Å². The van der Waals surface area contributed by atoms with E-state index >= 15 is 0 Å². The lowest BCUT2D eigenvalue weighted by Gasteiger charge is -2.27. The smallest absolute Gasteiger partial charge is 0.231 e. The fraction of sp³-hybridized carbons (Fsp3) is 0.538. The zero-order valence-electron chi connectivity index (χ0n) is 10.3. The highest BCUT2D eigenvalue weighted by atomic mass is 32.2. The first-order valence-electron chi connectivity index (χ1n) is 6.13. The van der Waals surface area contributed by atoms with E-state index in [9.17, 15) is 0 Å². The molecule has 2 aliphatic rings. The molecule has 98 valence electrons. The molecular formula is C13H17NO3S. The number of benzene rings is 1. The second kappa shape index (κ2) is 5.38. The third-order valence-electron chi connectivity index (χ3n) is 3.25. The average Bonchev–Trinajstić information content (AvgIpc) is 2.79. The minimum Gasteiger partial charge on any atom is -0.454 e. The van der Waals surface area contributed by atoms with E-state index in [1.165, 1.54) is 5.56 Å². The van der Waals surface area contributed by atoms with Crippen molar-refractivity contribution in [3.63, 3.8) is 0 Å². The molecule has 1 saturated heterocycles. The van der Waals surface area contributed by atoms with E-state index in [1.807, 2.05) is 24.9 Å². The summed E-state index contributed by atoms with van der Waals surface area (Å²) in [4.78, 5) is 0. The molecule has 0 spiro atoms. The van der Waals surface area contributed by atoms with Crippen LogP contribution >= 0.6 is 11.8 Å². The lowest BCUT2D eigenvalue weighted by molar-refractivity contribution is 0.0455. The summed E-state index contributed by atoms with van der Waals surface area (Å²) >= 11 is 1.96. The molecule has 18 heavy (non-hydrogen) atoms. The van der Waals surface area contributed by atoms with Crippen molar-refractivity contribution in [3.8, 4) is 11.5 Å². The van der Waals surface area contributed by atoms with E-state index in [1.54, 1.807) is 0 Å². The summed E-state index contributed by atoms with van der Waals surface area (Å²) in [5.41, 5.74) is 1.24. The maximum Gasteiger partial charge on any atom is 0.231 e. The molecule has 1 N–H and O–H groups in total. The first-order chi connectivity index (χ1) is 8.86. The van der Waals surface area contributed by atoms with Gasteiger partial charge in [0.05, 0.1) is 18.5 Å². The van der Waals surface area contributed by atoms with E-state index < -0.39 is 0 Å². The molecule has 3 rings (SSSR count). The van der Waals surface area contributed by atoms with Crippen molar-refractivity contribution in [1.29, 1.82) is 0 Å². The Hall–Kier alpha value is -0.910. The summed E-state index contributed by atoms with van der Waals surface area (Å²) in [6.07, 6.45) is 0. The Morgan fingerprint density at radius 1 is 1.33 bits per heavy atom. The number of hydrogen-bond donors (Lipinski definition) is 1. The minimum atomic E-state index is 0.331. The van der Waals surface area contributed by atoms with Gasteiger partial charge in [-0.3, -0.25) is 0 Å². The van der Waals surface area contributed by atoms with Crippen LogP contribution in [0.5, 0.6) is 11.5 Å². The molecule has 0 aromatic heterocycles. The number of thioether (sulfide) groups is 1. The highest BCUT2D eigenvalue weighted by Crippen LogP contribution is 2.35. The maximum atomic E-state index is 5.41.